The van der Waals surface area contributed by atoms with Gasteiger partial charge in [-0.3, -0.25) is 14.4 Å². The molecule has 3 aliphatic heterocycles. The van der Waals surface area contributed by atoms with Gasteiger partial charge in [0.1, 0.15) is 29.7 Å². The van der Waals surface area contributed by atoms with Crippen LogP contribution in [0.4, 0.5) is 0 Å². The zero-order chi connectivity index (χ0) is 44.8. The van der Waals surface area contributed by atoms with Gasteiger partial charge in [-0.1, -0.05) is 27.7 Å². The van der Waals surface area contributed by atoms with E-state index in [0.717, 1.165) is 0 Å². The molecule has 16 heteroatoms. The lowest BCUT2D eigenvalue weighted by Gasteiger charge is -2.50. The SMILES string of the molecule is CC[C@H]1OC(=O)[C@H](C)[C@@H](O[C@H]2C[C@@](C)(OC)[C@@H](O)[C@H](C)O2)[C@H](C)[C@@H](O[C@@H]2O[C@H](C)C[C@H](N(C)C)[C@H]2O)[C@](C)(OC)C[C@@H](C)C(=O)[C@H](C)[C@@H](OCCCNC(C)=O)[C@]1(C)O. The zero-order valence-electron chi connectivity index (χ0n) is 38.4. The molecule has 0 aromatic rings. The topological polar surface area (TPSA) is 201 Å². The lowest BCUT2D eigenvalue weighted by Crippen LogP contribution is -2.61. The number of carbonyl (C=O) groups is 3. The van der Waals surface area contributed by atoms with E-state index in [-0.39, 0.29) is 49.7 Å². The number of amides is 1. The fourth-order valence-corrected chi connectivity index (χ4v) is 9.43. The fraction of sp³-hybridized carbons (Fsp3) is 0.930. The van der Waals surface area contributed by atoms with E-state index in [0.29, 0.717) is 19.4 Å². The van der Waals surface area contributed by atoms with Crippen molar-refractivity contribution in [2.45, 2.75) is 193 Å². The maximum atomic E-state index is 14.6. The first-order chi connectivity index (χ1) is 27.4. The Kier molecular flexibility index (Phi) is 18.8. The van der Waals surface area contributed by atoms with Crippen LogP contribution in [-0.2, 0) is 52.3 Å². The van der Waals surface area contributed by atoms with Crippen molar-refractivity contribution < 1.29 is 67.6 Å². The van der Waals surface area contributed by atoms with E-state index >= 15 is 0 Å². The van der Waals surface area contributed by atoms with Gasteiger partial charge in [0, 0.05) is 64.5 Å². The number of ether oxygens (including phenoxy) is 8. The van der Waals surface area contributed by atoms with Crippen LogP contribution in [0.25, 0.3) is 0 Å². The van der Waals surface area contributed by atoms with E-state index in [1.54, 1.807) is 41.5 Å². The fourth-order valence-electron chi connectivity index (χ4n) is 9.43. The van der Waals surface area contributed by atoms with Gasteiger partial charge in [-0.05, 0) is 81.3 Å². The number of Topliss-reactive ketones (excluding diaryl/α,β-unsaturated/α-hetero) is 1. The van der Waals surface area contributed by atoms with Crippen LogP contribution in [0.5, 0.6) is 0 Å². The van der Waals surface area contributed by atoms with E-state index in [9.17, 15) is 29.7 Å². The predicted octanol–water partition coefficient (Wildman–Crippen LogP) is 2.99. The van der Waals surface area contributed by atoms with Crippen molar-refractivity contribution in [3.63, 3.8) is 0 Å². The van der Waals surface area contributed by atoms with Gasteiger partial charge >= 0.3 is 5.97 Å². The summed E-state index contributed by atoms with van der Waals surface area (Å²) in [6.07, 6.45) is -7.85. The van der Waals surface area contributed by atoms with Gasteiger partial charge in [0.2, 0.25) is 5.91 Å². The summed E-state index contributed by atoms with van der Waals surface area (Å²) in [5.41, 5.74) is -4.13. The number of likely N-dealkylation sites (N-methyl/N-ethyl adjacent to an activating group) is 1. The van der Waals surface area contributed by atoms with Crippen molar-refractivity contribution >= 4 is 17.7 Å². The third kappa shape index (κ3) is 12.2. The summed E-state index contributed by atoms with van der Waals surface area (Å²) in [6.45, 7) is 19.4. The molecule has 4 N–H and O–H groups in total. The monoisotopic (exact) mass is 847 g/mol. The molecule has 0 aromatic carbocycles. The van der Waals surface area contributed by atoms with Crippen molar-refractivity contribution in [2.75, 3.05) is 41.5 Å². The minimum Gasteiger partial charge on any atom is -0.459 e. The minimum absolute atomic E-state index is 0.109. The molecule has 0 spiro atoms. The lowest BCUT2D eigenvalue weighted by atomic mass is 9.73. The summed E-state index contributed by atoms with van der Waals surface area (Å²) in [7, 11) is 6.80. The molecular weight excluding hydrogens is 768 g/mol. The van der Waals surface area contributed by atoms with Crippen LogP contribution in [0, 0.1) is 23.7 Å². The molecule has 0 aromatic heterocycles. The summed E-state index contributed by atoms with van der Waals surface area (Å²) >= 11 is 0. The molecule has 3 fully saturated rings. The number of aliphatic hydroxyl groups is 3. The van der Waals surface area contributed by atoms with Gasteiger partial charge in [-0.25, -0.2) is 0 Å². The Labute approximate surface area is 352 Å². The number of nitrogens with one attached hydrogen (secondary N) is 1. The minimum atomic E-state index is -1.83. The van der Waals surface area contributed by atoms with Gasteiger partial charge < -0.3 is 63.4 Å². The first-order valence-electron chi connectivity index (χ1n) is 21.5. The smallest absolute Gasteiger partial charge is 0.311 e. The van der Waals surface area contributed by atoms with E-state index in [1.165, 1.54) is 28.1 Å². The van der Waals surface area contributed by atoms with Gasteiger partial charge in [0.15, 0.2) is 12.6 Å². The maximum absolute atomic E-state index is 14.6. The van der Waals surface area contributed by atoms with E-state index < -0.39 is 102 Å². The Morgan fingerprint density at radius 2 is 1.54 bits per heavy atom. The molecule has 3 aliphatic rings. The van der Waals surface area contributed by atoms with Crippen molar-refractivity contribution in [1.29, 1.82) is 0 Å². The third-order valence-corrected chi connectivity index (χ3v) is 13.2. The molecule has 0 radical (unpaired) electrons. The van der Waals surface area contributed by atoms with Crippen molar-refractivity contribution in [1.82, 2.24) is 10.2 Å². The molecule has 0 unspecified atom stereocenters. The summed E-state index contributed by atoms with van der Waals surface area (Å²) < 4.78 is 50.9. The molecule has 3 saturated heterocycles. The van der Waals surface area contributed by atoms with E-state index in [4.69, 9.17) is 37.9 Å². The van der Waals surface area contributed by atoms with Crippen LogP contribution in [0.2, 0.25) is 0 Å². The first kappa shape index (κ1) is 51.5. The summed E-state index contributed by atoms with van der Waals surface area (Å²) in [5, 5.41) is 37.8. The average Bonchev–Trinajstić information content (AvgIpc) is 3.17. The normalized spacial score (nSPS) is 44.5. The molecule has 1 amide bonds. The van der Waals surface area contributed by atoms with Crippen LogP contribution in [0.15, 0.2) is 0 Å². The molecule has 0 bridgehead atoms. The largest absolute Gasteiger partial charge is 0.459 e. The number of ketones is 1. The highest BCUT2D eigenvalue weighted by molar-refractivity contribution is 5.83. The van der Waals surface area contributed by atoms with Crippen LogP contribution < -0.4 is 5.32 Å². The van der Waals surface area contributed by atoms with Gasteiger partial charge in [0.05, 0.1) is 47.6 Å². The van der Waals surface area contributed by atoms with Crippen molar-refractivity contribution in [3.8, 4) is 0 Å². The van der Waals surface area contributed by atoms with Crippen LogP contribution in [0.3, 0.4) is 0 Å². The number of methoxy groups -OCH3 is 2. The van der Waals surface area contributed by atoms with E-state index in [2.05, 4.69) is 5.32 Å². The van der Waals surface area contributed by atoms with E-state index in [1.807, 2.05) is 39.8 Å². The highest BCUT2D eigenvalue weighted by Gasteiger charge is 2.54. The van der Waals surface area contributed by atoms with Crippen LogP contribution in [-0.4, -0.2) is 164 Å². The Hall–Kier alpha value is -1.83. The summed E-state index contributed by atoms with van der Waals surface area (Å²) in [6, 6.07) is -0.294. The zero-order valence-corrected chi connectivity index (χ0v) is 38.4. The number of esters is 1. The Morgan fingerprint density at radius 3 is 2.10 bits per heavy atom. The lowest BCUT2D eigenvalue weighted by molar-refractivity contribution is -0.319. The average molecular weight is 847 g/mol. The second-order valence-electron chi connectivity index (χ2n) is 18.3. The number of carbonyl (C=O) groups excluding carboxylic acids is 3. The van der Waals surface area contributed by atoms with Gasteiger partial charge in [-0.2, -0.15) is 0 Å². The maximum Gasteiger partial charge on any atom is 0.311 e. The Balaban J connectivity index is 2.22. The molecule has 3 rings (SSSR count). The standard InChI is InChI=1S/C43H78N2O14/c1-16-31-43(11,51)38(54-19-17-18-44-29(8)46)25(4)33(47)23(2)21-42(10,53-15)37(59-40-34(48)30(45(12)13)20-24(3)55-40)26(5)35(27(6)39(50)57-31)58-32-22-41(9,52-14)36(49)28(7)56-32/h23-28,30-32,34-38,40,48-49,51H,16-22H2,1-15H3,(H,44,46)/t23-,24-,25+,26+,27-,28+,30+,31-,32+,34-,35+,36+,37-,38-,40+,41-,42-,43-/m1/s1. The molecular formula is C43H78N2O14. The van der Waals surface area contributed by atoms with Crippen molar-refractivity contribution in [2.24, 2.45) is 23.7 Å². The molecule has 16 nitrogen and oxygen atoms in total. The molecule has 0 aliphatic carbocycles. The van der Waals surface area contributed by atoms with Crippen LogP contribution >= 0.6 is 0 Å². The number of cyclic esters (lactones) is 1. The number of hydrogen-bond donors (Lipinski definition) is 4. The molecule has 0 saturated carbocycles. The number of hydrogen-bond acceptors (Lipinski definition) is 15. The highest BCUT2D eigenvalue weighted by Crippen LogP contribution is 2.42. The second kappa shape index (κ2) is 21.5. The van der Waals surface area contributed by atoms with Crippen molar-refractivity contribution in [3.05, 3.63) is 0 Å². The van der Waals surface area contributed by atoms with Gasteiger partial charge in [0.25, 0.3) is 0 Å². The molecule has 18 atom stereocenters. The summed E-state index contributed by atoms with van der Waals surface area (Å²) in [5.74, 6) is -4.37. The Morgan fingerprint density at radius 1 is 0.915 bits per heavy atom. The molecule has 3 heterocycles. The third-order valence-electron chi connectivity index (χ3n) is 13.2. The molecule has 344 valence electrons. The van der Waals surface area contributed by atoms with Gasteiger partial charge in [-0.15, -0.1) is 0 Å². The molecule has 59 heavy (non-hydrogen) atoms. The van der Waals surface area contributed by atoms with Crippen LogP contribution in [0.1, 0.15) is 108 Å². The number of aliphatic hydroxyl groups excluding tert-OH is 2. The quantitative estimate of drug-likeness (QED) is 0.156. The predicted molar refractivity (Wildman–Crippen MR) is 218 cm³/mol. The first-order valence-corrected chi connectivity index (χ1v) is 21.5. The summed E-state index contributed by atoms with van der Waals surface area (Å²) in [4.78, 5) is 42.5. The number of rotatable bonds is 13. The number of nitrogens with zero attached hydrogens (tertiary/aromatic N) is 1. The second-order valence-corrected chi connectivity index (χ2v) is 18.3. The highest BCUT2D eigenvalue weighted by atomic mass is 16.7. The Bertz CT molecular complexity index is 1370.